The van der Waals surface area contributed by atoms with E-state index in [9.17, 15) is 9.59 Å². The summed E-state index contributed by atoms with van der Waals surface area (Å²) in [5.74, 6) is 0.318. The molecule has 5 heteroatoms. The third-order valence-electron chi connectivity index (χ3n) is 5.69. The minimum Gasteiger partial charge on any atom is -0.378 e. The van der Waals surface area contributed by atoms with Crippen molar-refractivity contribution in [3.63, 3.8) is 0 Å². The van der Waals surface area contributed by atoms with E-state index in [0.29, 0.717) is 25.9 Å². The van der Waals surface area contributed by atoms with Crippen LogP contribution in [-0.4, -0.2) is 48.8 Å². The molecule has 0 radical (unpaired) electrons. The first-order valence-electron chi connectivity index (χ1n) is 10.6. The smallest absolute Gasteiger partial charge is 0.245 e. The zero-order valence-corrected chi connectivity index (χ0v) is 18.8. The predicted molar refractivity (Wildman–Crippen MR) is 121 cm³/mol. The van der Waals surface area contributed by atoms with Gasteiger partial charge in [-0.25, -0.2) is 0 Å². The highest BCUT2D eigenvalue weighted by atomic mass is 16.2. The van der Waals surface area contributed by atoms with Crippen LogP contribution in [0.4, 0.5) is 5.69 Å². The molecule has 0 aromatic heterocycles. The van der Waals surface area contributed by atoms with E-state index in [-0.39, 0.29) is 17.7 Å². The number of hydrogen-bond acceptors (Lipinski definition) is 3. The van der Waals surface area contributed by atoms with Gasteiger partial charge in [0.15, 0.2) is 0 Å². The maximum absolute atomic E-state index is 13.4. The molecule has 2 amide bonds. The fourth-order valence-electron chi connectivity index (χ4n) is 3.98. The van der Waals surface area contributed by atoms with Crippen LogP contribution in [0, 0.1) is 5.92 Å². The molecular formula is C25H33N3O2. The highest BCUT2D eigenvalue weighted by Gasteiger charge is 2.36. The van der Waals surface area contributed by atoms with Gasteiger partial charge in [0.1, 0.15) is 6.04 Å². The lowest BCUT2D eigenvalue weighted by molar-refractivity contribution is -0.147. The van der Waals surface area contributed by atoms with Crippen LogP contribution < -0.4 is 4.90 Å². The van der Waals surface area contributed by atoms with E-state index in [2.05, 4.69) is 41.3 Å². The molecule has 1 heterocycles. The Bertz CT molecular complexity index is 890. The fourth-order valence-corrected chi connectivity index (χ4v) is 3.98. The summed E-state index contributed by atoms with van der Waals surface area (Å²) in [6.07, 6.45) is 1.03. The van der Waals surface area contributed by atoms with Crippen molar-refractivity contribution in [2.45, 2.75) is 45.8 Å². The predicted octanol–water partition coefficient (Wildman–Crippen LogP) is 3.71. The normalized spacial score (nSPS) is 15.7. The van der Waals surface area contributed by atoms with E-state index < -0.39 is 6.04 Å². The summed E-state index contributed by atoms with van der Waals surface area (Å²) in [5, 5.41) is 0. The monoisotopic (exact) mass is 407 g/mol. The highest BCUT2D eigenvalue weighted by molar-refractivity contribution is 5.88. The Balaban J connectivity index is 1.78. The van der Waals surface area contributed by atoms with Crippen molar-refractivity contribution in [1.82, 2.24) is 9.80 Å². The van der Waals surface area contributed by atoms with Crippen LogP contribution >= 0.6 is 0 Å². The van der Waals surface area contributed by atoms with Crippen molar-refractivity contribution >= 4 is 17.5 Å². The molecule has 160 valence electrons. The van der Waals surface area contributed by atoms with Crippen molar-refractivity contribution in [2.75, 3.05) is 26.0 Å². The molecule has 1 atom stereocenters. The van der Waals surface area contributed by atoms with Crippen LogP contribution in [0.1, 0.15) is 37.0 Å². The Morgan fingerprint density at radius 2 is 1.63 bits per heavy atom. The van der Waals surface area contributed by atoms with Crippen molar-refractivity contribution in [1.29, 1.82) is 0 Å². The van der Waals surface area contributed by atoms with Gasteiger partial charge in [0.25, 0.3) is 0 Å². The average molecular weight is 408 g/mol. The van der Waals surface area contributed by atoms with Crippen molar-refractivity contribution in [3.05, 3.63) is 65.2 Å². The Morgan fingerprint density at radius 1 is 1.00 bits per heavy atom. The van der Waals surface area contributed by atoms with Gasteiger partial charge in [-0.05, 0) is 34.7 Å². The molecule has 0 saturated carbocycles. The molecule has 1 aliphatic rings. The standard InChI is InChI=1S/C25H33N3O2/c1-18(2)14-24(29)28-17-21-9-7-6-8-20(21)15-23(28)25(30)27(5)16-19-10-12-22(13-11-19)26(3)4/h6-13,18,23H,14-17H2,1-5H3. The summed E-state index contributed by atoms with van der Waals surface area (Å²) < 4.78 is 0. The molecule has 0 aliphatic carbocycles. The summed E-state index contributed by atoms with van der Waals surface area (Å²) >= 11 is 0. The highest BCUT2D eigenvalue weighted by Crippen LogP contribution is 2.26. The molecule has 0 saturated heterocycles. The second kappa shape index (κ2) is 9.33. The molecule has 1 aliphatic heterocycles. The van der Waals surface area contributed by atoms with Gasteiger partial charge in [0.05, 0.1) is 0 Å². The molecule has 0 bridgehead atoms. The van der Waals surface area contributed by atoms with Crippen LogP contribution in [0.2, 0.25) is 0 Å². The summed E-state index contributed by atoms with van der Waals surface area (Å²) in [6, 6.07) is 15.9. The van der Waals surface area contributed by atoms with E-state index in [1.807, 2.05) is 47.1 Å². The van der Waals surface area contributed by atoms with E-state index in [4.69, 9.17) is 0 Å². The molecule has 1 unspecified atom stereocenters. The fraction of sp³-hybridized carbons (Fsp3) is 0.440. The van der Waals surface area contributed by atoms with Crippen LogP contribution in [0.15, 0.2) is 48.5 Å². The molecule has 3 rings (SSSR count). The Hall–Kier alpha value is -2.82. The first-order chi connectivity index (χ1) is 14.3. The number of nitrogens with zero attached hydrogens (tertiary/aromatic N) is 3. The number of likely N-dealkylation sites (N-methyl/N-ethyl adjacent to an activating group) is 1. The Morgan fingerprint density at radius 3 is 2.23 bits per heavy atom. The number of hydrogen-bond donors (Lipinski definition) is 0. The van der Waals surface area contributed by atoms with Gasteiger partial charge in [-0.1, -0.05) is 50.2 Å². The van der Waals surface area contributed by atoms with Gasteiger partial charge in [-0.2, -0.15) is 0 Å². The number of benzene rings is 2. The quantitative estimate of drug-likeness (QED) is 0.733. The third kappa shape index (κ3) is 5.02. The summed E-state index contributed by atoms with van der Waals surface area (Å²) in [7, 11) is 5.84. The maximum Gasteiger partial charge on any atom is 0.245 e. The lowest BCUT2D eigenvalue weighted by Crippen LogP contribution is -2.52. The second-order valence-electron chi connectivity index (χ2n) is 8.86. The third-order valence-corrected chi connectivity index (χ3v) is 5.69. The van der Waals surface area contributed by atoms with Crippen molar-refractivity contribution in [2.24, 2.45) is 5.92 Å². The molecule has 5 nitrogen and oxygen atoms in total. The zero-order chi connectivity index (χ0) is 21.8. The zero-order valence-electron chi connectivity index (χ0n) is 18.8. The summed E-state index contributed by atoms with van der Waals surface area (Å²) in [5.41, 5.74) is 4.50. The van der Waals surface area contributed by atoms with Gasteiger partial charge in [-0.15, -0.1) is 0 Å². The van der Waals surface area contributed by atoms with Gasteiger partial charge in [0, 0.05) is 52.8 Å². The molecule has 0 N–H and O–H groups in total. The lowest BCUT2D eigenvalue weighted by Gasteiger charge is -2.38. The van der Waals surface area contributed by atoms with Gasteiger partial charge >= 0.3 is 0 Å². The minimum absolute atomic E-state index is 0.00158. The summed E-state index contributed by atoms with van der Waals surface area (Å²) in [4.78, 5) is 32.0. The molecule has 2 aromatic carbocycles. The lowest BCUT2D eigenvalue weighted by atomic mass is 9.92. The van der Waals surface area contributed by atoms with E-state index in [1.54, 1.807) is 9.80 Å². The first-order valence-corrected chi connectivity index (χ1v) is 10.6. The molecule has 30 heavy (non-hydrogen) atoms. The molecule has 2 aromatic rings. The largest absolute Gasteiger partial charge is 0.378 e. The topological polar surface area (TPSA) is 43.9 Å². The van der Waals surface area contributed by atoms with Crippen LogP contribution in [0.25, 0.3) is 0 Å². The van der Waals surface area contributed by atoms with Gasteiger partial charge < -0.3 is 14.7 Å². The average Bonchev–Trinajstić information content (AvgIpc) is 2.72. The Labute approximate surface area is 180 Å². The Kier molecular flexibility index (Phi) is 6.80. The van der Waals surface area contributed by atoms with Crippen LogP contribution in [-0.2, 0) is 29.1 Å². The van der Waals surface area contributed by atoms with E-state index in [0.717, 1.165) is 22.4 Å². The SMILES string of the molecule is CC(C)CC(=O)N1Cc2ccccc2CC1C(=O)N(C)Cc1ccc(N(C)C)cc1. The number of anilines is 1. The number of carbonyl (C=O) groups is 2. The van der Waals surface area contributed by atoms with Gasteiger partial charge in [-0.3, -0.25) is 9.59 Å². The summed E-state index contributed by atoms with van der Waals surface area (Å²) in [6.45, 7) is 5.10. The van der Waals surface area contributed by atoms with Crippen molar-refractivity contribution in [3.8, 4) is 0 Å². The second-order valence-corrected chi connectivity index (χ2v) is 8.86. The number of carbonyl (C=O) groups excluding carboxylic acids is 2. The van der Waals surface area contributed by atoms with E-state index in [1.165, 1.54) is 0 Å². The van der Waals surface area contributed by atoms with E-state index >= 15 is 0 Å². The van der Waals surface area contributed by atoms with Crippen molar-refractivity contribution < 1.29 is 9.59 Å². The molecule has 0 spiro atoms. The van der Waals surface area contributed by atoms with Gasteiger partial charge in [0.2, 0.25) is 11.8 Å². The number of rotatable bonds is 6. The van der Waals surface area contributed by atoms with Crippen LogP contribution in [0.3, 0.4) is 0 Å². The minimum atomic E-state index is -0.447. The molecule has 0 fully saturated rings. The first kappa shape index (κ1) is 21.9. The number of amides is 2. The molecular weight excluding hydrogens is 374 g/mol. The maximum atomic E-state index is 13.4. The number of fused-ring (bicyclic) bond motifs is 1. The van der Waals surface area contributed by atoms with Crippen LogP contribution in [0.5, 0.6) is 0 Å².